The number of aromatic nitrogens is 1. The third-order valence-corrected chi connectivity index (χ3v) is 4.26. The monoisotopic (exact) mass is 325 g/mol. The zero-order valence-electron chi connectivity index (χ0n) is 14.3. The molecule has 1 aromatic carbocycles. The number of aliphatic hydroxyl groups excluding tert-OH is 1. The number of para-hydroxylation sites is 1. The summed E-state index contributed by atoms with van der Waals surface area (Å²) in [6.07, 6.45) is 0.896. The maximum Gasteiger partial charge on any atom is 0.142 e. The number of nitriles is 1. The molecule has 1 heterocycles. The highest BCUT2D eigenvalue weighted by molar-refractivity contribution is 5.79. The number of aliphatic hydroxyl groups is 1. The molecule has 0 spiro atoms. The van der Waals surface area contributed by atoms with E-state index >= 15 is 0 Å². The van der Waals surface area contributed by atoms with E-state index in [1.165, 1.54) is 0 Å². The fraction of sp³-hybridized carbons (Fsp3) is 0.368. The summed E-state index contributed by atoms with van der Waals surface area (Å²) in [7, 11) is 0. The first-order valence-electron chi connectivity index (χ1n) is 7.98. The van der Waals surface area contributed by atoms with Crippen LogP contribution in [0.15, 0.2) is 30.3 Å². The molecular weight excluding hydrogens is 302 g/mol. The molecule has 3 N–H and O–H groups in total. The number of nitrogen functional groups attached to an aromatic ring is 1. The Morgan fingerprint density at radius 3 is 2.62 bits per heavy atom. The van der Waals surface area contributed by atoms with Crippen LogP contribution in [0.1, 0.15) is 38.4 Å². The van der Waals surface area contributed by atoms with Gasteiger partial charge in [-0.15, -0.1) is 0 Å². The fourth-order valence-electron chi connectivity index (χ4n) is 2.39. The van der Waals surface area contributed by atoms with Gasteiger partial charge in [-0.3, -0.25) is 0 Å². The first kappa shape index (κ1) is 17.8. The smallest absolute Gasteiger partial charge is 0.142 e. The summed E-state index contributed by atoms with van der Waals surface area (Å²) >= 11 is 0. The number of hydrogen-bond acceptors (Lipinski definition) is 5. The quantitative estimate of drug-likeness (QED) is 0.850. The van der Waals surface area contributed by atoms with Gasteiger partial charge in [-0.1, -0.05) is 39.0 Å². The lowest BCUT2D eigenvalue weighted by molar-refractivity contribution is 0.202. The summed E-state index contributed by atoms with van der Waals surface area (Å²) in [5.41, 5.74) is 8.55. The highest BCUT2D eigenvalue weighted by Crippen LogP contribution is 2.37. The molecule has 0 atom stereocenters. The van der Waals surface area contributed by atoms with Crippen molar-refractivity contribution in [1.29, 1.82) is 5.26 Å². The maximum absolute atomic E-state index is 9.53. The first-order valence-corrected chi connectivity index (χ1v) is 7.98. The summed E-state index contributed by atoms with van der Waals surface area (Å²) < 4.78 is 5.61. The molecule has 0 aliphatic rings. The largest absolute Gasteiger partial charge is 0.491 e. The van der Waals surface area contributed by atoms with Crippen LogP contribution in [0, 0.1) is 11.3 Å². The zero-order chi connectivity index (χ0) is 17.7. The Labute approximate surface area is 142 Å². The minimum Gasteiger partial charge on any atom is -0.491 e. The van der Waals surface area contributed by atoms with Crippen molar-refractivity contribution < 1.29 is 9.84 Å². The third kappa shape index (κ3) is 3.50. The van der Waals surface area contributed by atoms with Gasteiger partial charge in [0.15, 0.2) is 0 Å². The Morgan fingerprint density at radius 2 is 2.00 bits per heavy atom. The predicted octanol–water partition coefficient (Wildman–Crippen LogP) is 3.26. The molecule has 0 fully saturated rings. The maximum atomic E-state index is 9.53. The molecular formula is C19H23N3O2. The molecule has 0 bridgehead atoms. The number of rotatable bonds is 6. The summed E-state index contributed by atoms with van der Waals surface area (Å²) in [6, 6.07) is 11.5. The second-order valence-corrected chi connectivity index (χ2v) is 6.23. The standard InChI is InChI=1S/C19H23N3O2/c1-4-19(2,3)17-11-14(15(12-20)18(21)22-17)13-7-5-6-8-16(13)24-10-9-23/h5-8,11,23H,4,9-10H2,1-3H3,(H2,21,22). The second kappa shape index (κ2) is 7.33. The van der Waals surface area contributed by atoms with Gasteiger partial charge in [-0.05, 0) is 18.6 Å². The minimum atomic E-state index is -0.155. The zero-order valence-corrected chi connectivity index (χ0v) is 14.3. The van der Waals surface area contributed by atoms with E-state index in [4.69, 9.17) is 15.6 Å². The summed E-state index contributed by atoms with van der Waals surface area (Å²) in [4.78, 5) is 4.44. The van der Waals surface area contributed by atoms with E-state index < -0.39 is 0 Å². The minimum absolute atomic E-state index is 0.0773. The molecule has 5 heteroatoms. The highest BCUT2D eigenvalue weighted by Gasteiger charge is 2.24. The van der Waals surface area contributed by atoms with Gasteiger partial charge < -0.3 is 15.6 Å². The van der Waals surface area contributed by atoms with Crippen molar-refractivity contribution in [2.24, 2.45) is 0 Å². The third-order valence-electron chi connectivity index (χ3n) is 4.26. The first-order chi connectivity index (χ1) is 11.4. The fourth-order valence-corrected chi connectivity index (χ4v) is 2.39. The molecule has 2 aromatic rings. The Bertz CT molecular complexity index is 764. The predicted molar refractivity (Wildman–Crippen MR) is 94.7 cm³/mol. The topological polar surface area (TPSA) is 92.2 Å². The van der Waals surface area contributed by atoms with Crippen LogP contribution in [0.5, 0.6) is 5.75 Å². The summed E-state index contributed by atoms with van der Waals surface area (Å²) in [5, 5.41) is 18.5. The molecule has 0 aliphatic carbocycles. The van der Waals surface area contributed by atoms with E-state index in [0.29, 0.717) is 16.9 Å². The molecule has 0 saturated heterocycles. The van der Waals surface area contributed by atoms with Gasteiger partial charge in [-0.2, -0.15) is 5.26 Å². The number of anilines is 1. The lowest BCUT2D eigenvalue weighted by Crippen LogP contribution is -2.19. The van der Waals surface area contributed by atoms with Crippen molar-refractivity contribution in [2.75, 3.05) is 18.9 Å². The number of hydrogen-bond donors (Lipinski definition) is 2. The number of nitrogens with zero attached hydrogens (tertiary/aromatic N) is 2. The van der Waals surface area contributed by atoms with Gasteiger partial charge in [0.05, 0.1) is 6.61 Å². The van der Waals surface area contributed by atoms with E-state index in [-0.39, 0.29) is 24.4 Å². The van der Waals surface area contributed by atoms with Crippen LogP contribution < -0.4 is 10.5 Å². The number of pyridine rings is 1. The van der Waals surface area contributed by atoms with Gasteiger partial charge in [0, 0.05) is 22.2 Å². The number of nitrogens with two attached hydrogens (primary N) is 1. The average molecular weight is 325 g/mol. The molecule has 0 amide bonds. The summed E-state index contributed by atoms with van der Waals surface area (Å²) in [5.74, 6) is 0.831. The molecule has 0 saturated carbocycles. The molecule has 0 aliphatic heterocycles. The molecule has 24 heavy (non-hydrogen) atoms. The molecule has 0 radical (unpaired) electrons. The normalized spacial score (nSPS) is 11.1. The Kier molecular flexibility index (Phi) is 5.42. The van der Waals surface area contributed by atoms with Crippen LogP contribution in [-0.4, -0.2) is 23.3 Å². The van der Waals surface area contributed by atoms with Crippen LogP contribution in [0.25, 0.3) is 11.1 Å². The van der Waals surface area contributed by atoms with Crippen molar-refractivity contribution >= 4 is 5.82 Å². The van der Waals surface area contributed by atoms with Crippen molar-refractivity contribution in [2.45, 2.75) is 32.6 Å². The Hall–Kier alpha value is -2.58. The Morgan fingerprint density at radius 1 is 1.29 bits per heavy atom. The number of ether oxygens (including phenoxy) is 1. The van der Waals surface area contributed by atoms with E-state index in [1.54, 1.807) is 0 Å². The van der Waals surface area contributed by atoms with E-state index in [2.05, 4.69) is 31.8 Å². The summed E-state index contributed by atoms with van der Waals surface area (Å²) in [6.45, 7) is 6.39. The second-order valence-electron chi connectivity index (χ2n) is 6.23. The van der Waals surface area contributed by atoms with Gasteiger partial charge >= 0.3 is 0 Å². The van der Waals surface area contributed by atoms with Crippen LogP contribution in [0.4, 0.5) is 5.82 Å². The van der Waals surface area contributed by atoms with Crippen molar-refractivity contribution in [1.82, 2.24) is 4.98 Å². The number of benzene rings is 1. The van der Waals surface area contributed by atoms with Crippen LogP contribution in [0.3, 0.4) is 0 Å². The van der Waals surface area contributed by atoms with E-state index in [0.717, 1.165) is 17.7 Å². The molecule has 126 valence electrons. The van der Waals surface area contributed by atoms with E-state index in [1.807, 2.05) is 30.3 Å². The van der Waals surface area contributed by atoms with Crippen LogP contribution in [0.2, 0.25) is 0 Å². The van der Waals surface area contributed by atoms with Gasteiger partial charge in [-0.25, -0.2) is 4.98 Å². The van der Waals surface area contributed by atoms with Crippen molar-refractivity contribution in [3.8, 4) is 22.9 Å². The van der Waals surface area contributed by atoms with Gasteiger partial charge in [0.1, 0.15) is 29.8 Å². The van der Waals surface area contributed by atoms with E-state index in [9.17, 15) is 5.26 Å². The average Bonchev–Trinajstić information content (AvgIpc) is 2.59. The van der Waals surface area contributed by atoms with Crippen LogP contribution in [-0.2, 0) is 5.41 Å². The lowest BCUT2D eigenvalue weighted by atomic mass is 9.84. The molecule has 0 unspecified atom stereocenters. The van der Waals surface area contributed by atoms with Crippen LogP contribution >= 0.6 is 0 Å². The lowest BCUT2D eigenvalue weighted by Gasteiger charge is -2.24. The molecule has 2 rings (SSSR count). The Balaban J connectivity index is 2.68. The SMILES string of the molecule is CCC(C)(C)c1cc(-c2ccccc2OCCO)c(C#N)c(N)n1. The molecule has 1 aromatic heterocycles. The highest BCUT2D eigenvalue weighted by atomic mass is 16.5. The van der Waals surface area contributed by atoms with Gasteiger partial charge in [0.2, 0.25) is 0 Å². The van der Waals surface area contributed by atoms with Gasteiger partial charge in [0.25, 0.3) is 0 Å². The molecule has 5 nitrogen and oxygen atoms in total. The van der Waals surface area contributed by atoms with Crippen molar-refractivity contribution in [3.05, 3.63) is 41.6 Å². The van der Waals surface area contributed by atoms with Crippen molar-refractivity contribution in [3.63, 3.8) is 0 Å².